The van der Waals surface area contributed by atoms with Gasteiger partial charge in [-0.2, -0.15) is 4.72 Å². The van der Waals surface area contributed by atoms with Gasteiger partial charge in [0, 0.05) is 23.3 Å². The van der Waals surface area contributed by atoms with E-state index in [9.17, 15) is 18.0 Å². The highest BCUT2D eigenvalue weighted by molar-refractivity contribution is 7.89. The highest BCUT2D eigenvalue weighted by Crippen LogP contribution is 2.25. The Bertz CT molecular complexity index is 1250. The summed E-state index contributed by atoms with van der Waals surface area (Å²) in [6, 6.07) is 18.4. The van der Waals surface area contributed by atoms with E-state index in [1.807, 2.05) is 6.07 Å². The highest BCUT2D eigenvalue weighted by Gasteiger charge is 2.28. The van der Waals surface area contributed by atoms with Crippen LogP contribution in [-0.4, -0.2) is 26.3 Å². The molecule has 0 saturated heterocycles. The van der Waals surface area contributed by atoms with Gasteiger partial charge in [-0.3, -0.25) is 9.59 Å². The average Bonchev–Trinajstić information content (AvgIpc) is 2.76. The molecule has 3 aromatic carbocycles. The molecule has 0 spiro atoms. The standard InChI is InChI=1S/C23H21Cl2N3O4S/c1-15(29)26-18-8-10-19(11-9-18)27-23(30)21(13-16-5-3-2-4-6-16)28-33(31,32)22-14-17(24)7-12-20(22)25/h2-12,14,21,28H,13H2,1H3,(H,26,29)(H,27,30)/t21-/m1/s1. The lowest BCUT2D eigenvalue weighted by atomic mass is 10.1. The van der Waals surface area contributed by atoms with E-state index in [1.54, 1.807) is 48.5 Å². The van der Waals surface area contributed by atoms with Crippen LogP contribution in [0.2, 0.25) is 10.0 Å². The van der Waals surface area contributed by atoms with E-state index in [-0.39, 0.29) is 27.3 Å². The van der Waals surface area contributed by atoms with E-state index in [0.717, 1.165) is 5.56 Å². The first kappa shape index (κ1) is 24.7. The maximum atomic E-state index is 13.1. The average molecular weight is 506 g/mol. The van der Waals surface area contributed by atoms with Crippen LogP contribution in [0.5, 0.6) is 0 Å². The topological polar surface area (TPSA) is 104 Å². The number of amides is 2. The minimum absolute atomic E-state index is 0.0145. The number of carbonyl (C=O) groups is 2. The zero-order chi connectivity index (χ0) is 24.0. The molecule has 1 atom stereocenters. The van der Waals surface area contributed by atoms with Crippen molar-refractivity contribution in [3.05, 3.63) is 88.4 Å². The molecular weight excluding hydrogens is 485 g/mol. The van der Waals surface area contributed by atoms with Gasteiger partial charge in [0.25, 0.3) is 0 Å². The Hall–Kier alpha value is -2.91. The lowest BCUT2D eigenvalue weighted by Crippen LogP contribution is -2.45. The second kappa shape index (κ2) is 10.8. The van der Waals surface area contributed by atoms with Gasteiger partial charge in [-0.25, -0.2) is 8.42 Å². The van der Waals surface area contributed by atoms with Gasteiger partial charge >= 0.3 is 0 Å². The molecule has 2 amide bonds. The van der Waals surface area contributed by atoms with Crippen molar-refractivity contribution in [3.8, 4) is 0 Å². The summed E-state index contributed by atoms with van der Waals surface area (Å²) in [5.41, 5.74) is 1.77. The van der Waals surface area contributed by atoms with Crippen molar-refractivity contribution in [1.82, 2.24) is 4.72 Å². The molecule has 33 heavy (non-hydrogen) atoms. The number of rotatable bonds is 8. The molecule has 0 aliphatic carbocycles. The Morgan fingerprint density at radius 1 is 0.879 bits per heavy atom. The second-order valence-corrected chi connectivity index (χ2v) is 9.71. The minimum atomic E-state index is -4.16. The second-order valence-electron chi connectivity index (χ2n) is 7.19. The van der Waals surface area contributed by atoms with Crippen molar-refractivity contribution in [2.75, 3.05) is 10.6 Å². The number of sulfonamides is 1. The Morgan fingerprint density at radius 2 is 1.48 bits per heavy atom. The van der Waals surface area contributed by atoms with Crippen LogP contribution in [0.15, 0.2) is 77.7 Å². The normalized spacial score (nSPS) is 12.1. The third-order valence-corrected chi connectivity index (χ3v) is 6.74. The molecule has 10 heteroatoms. The number of nitrogens with one attached hydrogen (secondary N) is 3. The van der Waals surface area contributed by atoms with E-state index < -0.39 is 22.0 Å². The number of halogens is 2. The smallest absolute Gasteiger partial charge is 0.242 e. The van der Waals surface area contributed by atoms with Gasteiger partial charge in [-0.15, -0.1) is 0 Å². The molecule has 7 nitrogen and oxygen atoms in total. The van der Waals surface area contributed by atoms with Crippen LogP contribution >= 0.6 is 23.2 Å². The molecule has 0 aromatic heterocycles. The summed E-state index contributed by atoms with van der Waals surface area (Å²) in [4.78, 5) is 24.0. The monoisotopic (exact) mass is 505 g/mol. The number of carbonyl (C=O) groups excluding carboxylic acids is 2. The van der Waals surface area contributed by atoms with Crippen molar-refractivity contribution in [2.24, 2.45) is 0 Å². The maximum absolute atomic E-state index is 13.1. The number of anilines is 2. The van der Waals surface area contributed by atoms with Gasteiger partial charge < -0.3 is 10.6 Å². The molecule has 0 radical (unpaired) electrons. The highest BCUT2D eigenvalue weighted by atomic mass is 35.5. The van der Waals surface area contributed by atoms with Crippen LogP contribution in [-0.2, 0) is 26.0 Å². The third kappa shape index (κ3) is 7.03. The lowest BCUT2D eigenvalue weighted by Gasteiger charge is -2.19. The third-order valence-electron chi connectivity index (χ3n) is 4.55. The first-order valence-electron chi connectivity index (χ1n) is 9.84. The van der Waals surface area contributed by atoms with E-state index in [2.05, 4.69) is 15.4 Å². The van der Waals surface area contributed by atoms with E-state index in [1.165, 1.54) is 25.1 Å². The molecule has 3 N–H and O–H groups in total. The van der Waals surface area contributed by atoms with E-state index >= 15 is 0 Å². The first-order chi connectivity index (χ1) is 15.6. The van der Waals surface area contributed by atoms with Gasteiger partial charge in [0.2, 0.25) is 21.8 Å². The fourth-order valence-corrected chi connectivity index (χ4v) is 5.00. The SMILES string of the molecule is CC(=O)Nc1ccc(NC(=O)[C@@H](Cc2ccccc2)NS(=O)(=O)c2cc(Cl)ccc2Cl)cc1. The molecular formula is C23H21Cl2N3O4S. The molecule has 0 aliphatic heterocycles. The molecule has 0 bridgehead atoms. The maximum Gasteiger partial charge on any atom is 0.242 e. The predicted octanol–water partition coefficient (Wildman–Crippen LogP) is 4.48. The van der Waals surface area contributed by atoms with E-state index in [0.29, 0.717) is 11.4 Å². The summed E-state index contributed by atoms with van der Waals surface area (Å²) in [5.74, 6) is -0.781. The summed E-state index contributed by atoms with van der Waals surface area (Å²) in [6.07, 6.45) is 0.105. The predicted molar refractivity (Wildman–Crippen MR) is 130 cm³/mol. The Kier molecular flexibility index (Phi) is 8.10. The number of benzene rings is 3. The van der Waals surface area contributed by atoms with Crippen LogP contribution in [0.25, 0.3) is 0 Å². The number of hydrogen-bond donors (Lipinski definition) is 3. The van der Waals surface area contributed by atoms with E-state index in [4.69, 9.17) is 23.2 Å². The molecule has 0 aliphatic rings. The zero-order valence-corrected chi connectivity index (χ0v) is 19.8. The van der Waals surface area contributed by atoms with Crippen molar-refractivity contribution in [1.29, 1.82) is 0 Å². The lowest BCUT2D eigenvalue weighted by molar-refractivity contribution is -0.117. The molecule has 3 aromatic rings. The molecule has 0 fully saturated rings. The van der Waals surface area contributed by atoms with Gasteiger partial charge in [-0.05, 0) is 54.4 Å². The largest absolute Gasteiger partial charge is 0.326 e. The summed E-state index contributed by atoms with van der Waals surface area (Å²) >= 11 is 12.0. The van der Waals surface area contributed by atoms with Crippen LogP contribution in [0, 0.1) is 0 Å². The Morgan fingerprint density at radius 3 is 2.09 bits per heavy atom. The van der Waals surface area contributed by atoms with Crippen molar-refractivity contribution < 1.29 is 18.0 Å². The van der Waals surface area contributed by atoms with Gasteiger partial charge in [0.05, 0.1) is 5.02 Å². The summed E-state index contributed by atoms with van der Waals surface area (Å²) in [7, 11) is -4.16. The first-order valence-corrected chi connectivity index (χ1v) is 12.1. The summed E-state index contributed by atoms with van der Waals surface area (Å²) < 4.78 is 28.5. The quantitative estimate of drug-likeness (QED) is 0.419. The van der Waals surface area contributed by atoms with Crippen molar-refractivity contribution in [3.63, 3.8) is 0 Å². The Labute approximate surface area is 202 Å². The van der Waals surface area contributed by atoms with Gasteiger partial charge in [0.15, 0.2) is 0 Å². The van der Waals surface area contributed by atoms with Crippen molar-refractivity contribution >= 4 is 56.4 Å². The molecule has 3 rings (SSSR count). The molecule has 0 saturated carbocycles. The van der Waals surface area contributed by atoms with Crippen LogP contribution in [0.1, 0.15) is 12.5 Å². The number of hydrogen-bond acceptors (Lipinski definition) is 4. The van der Waals surface area contributed by atoms with Crippen LogP contribution in [0.4, 0.5) is 11.4 Å². The zero-order valence-electron chi connectivity index (χ0n) is 17.5. The van der Waals surface area contributed by atoms with Crippen molar-refractivity contribution in [2.45, 2.75) is 24.3 Å². The molecule has 172 valence electrons. The van der Waals surface area contributed by atoms with Crippen LogP contribution in [0.3, 0.4) is 0 Å². The molecule has 0 unspecified atom stereocenters. The Balaban J connectivity index is 1.85. The fourth-order valence-electron chi connectivity index (χ4n) is 3.04. The fraction of sp³-hybridized carbons (Fsp3) is 0.130. The molecule has 0 heterocycles. The minimum Gasteiger partial charge on any atom is -0.326 e. The van der Waals surface area contributed by atoms with Gasteiger partial charge in [0.1, 0.15) is 10.9 Å². The van der Waals surface area contributed by atoms with Crippen LogP contribution < -0.4 is 15.4 Å². The summed E-state index contributed by atoms with van der Waals surface area (Å²) in [6.45, 7) is 1.39. The summed E-state index contributed by atoms with van der Waals surface area (Å²) in [5, 5.41) is 5.52. The van der Waals surface area contributed by atoms with Gasteiger partial charge in [-0.1, -0.05) is 53.5 Å².